The summed E-state index contributed by atoms with van der Waals surface area (Å²) < 4.78 is 4.81. The molecule has 0 saturated heterocycles. The normalized spacial score (nSPS) is 9.31. The van der Waals surface area contributed by atoms with E-state index in [0.29, 0.717) is 0 Å². The Kier molecular flexibility index (Phi) is 4.07. The van der Waals surface area contributed by atoms with Crippen molar-refractivity contribution in [2.45, 2.75) is 6.92 Å². The summed E-state index contributed by atoms with van der Waals surface area (Å²) >= 11 is 0. The van der Waals surface area contributed by atoms with Crippen molar-refractivity contribution < 1.29 is 18.8 Å². The Morgan fingerprint density at radius 3 is 2.62 bits per heavy atom. The van der Waals surface area contributed by atoms with E-state index in [-0.39, 0.29) is 12.3 Å². The molecule has 1 heterocycles. The first kappa shape index (κ1) is 11.8. The molecular weight excluding hydrogens is 214 g/mol. The third-order valence-electron chi connectivity index (χ3n) is 1.53. The van der Waals surface area contributed by atoms with Crippen LogP contribution in [0.4, 0.5) is 0 Å². The Hall–Kier alpha value is -2.31. The van der Waals surface area contributed by atoms with E-state index < -0.39 is 17.7 Å². The third kappa shape index (κ3) is 3.82. The molecule has 3 N–H and O–H groups in total. The number of rotatable bonds is 3. The quantitative estimate of drug-likeness (QED) is 0.585. The molecule has 0 atom stereocenters. The summed E-state index contributed by atoms with van der Waals surface area (Å²) in [5, 5.41) is 2.31. The van der Waals surface area contributed by atoms with Crippen molar-refractivity contribution >= 4 is 17.7 Å². The average molecular weight is 225 g/mol. The maximum absolute atomic E-state index is 11.3. The van der Waals surface area contributed by atoms with Gasteiger partial charge in [-0.15, -0.1) is 0 Å². The van der Waals surface area contributed by atoms with Crippen molar-refractivity contribution in [2.24, 2.45) is 0 Å². The van der Waals surface area contributed by atoms with Crippen LogP contribution in [0.25, 0.3) is 0 Å². The lowest BCUT2D eigenvalue weighted by atomic mass is 10.4. The van der Waals surface area contributed by atoms with Gasteiger partial charge >= 0.3 is 0 Å². The Bertz CT molecular complexity index is 385. The maximum Gasteiger partial charge on any atom is 0.287 e. The number of carbonyl (C=O) groups excluding carboxylic acids is 3. The number of amides is 3. The van der Waals surface area contributed by atoms with Crippen LogP contribution >= 0.6 is 0 Å². The van der Waals surface area contributed by atoms with Crippen molar-refractivity contribution in [1.29, 1.82) is 0 Å². The van der Waals surface area contributed by atoms with Crippen LogP contribution in [0.5, 0.6) is 0 Å². The molecule has 0 aromatic carbocycles. The van der Waals surface area contributed by atoms with Gasteiger partial charge in [-0.2, -0.15) is 0 Å². The van der Waals surface area contributed by atoms with E-state index in [1.807, 2.05) is 0 Å². The molecule has 1 aromatic rings. The molecule has 0 spiro atoms. The van der Waals surface area contributed by atoms with Crippen LogP contribution in [0.15, 0.2) is 22.8 Å². The number of nitrogens with one attached hydrogen (secondary N) is 3. The van der Waals surface area contributed by atoms with Crippen LogP contribution in [0.2, 0.25) is 0 Å². The van der Waals surface area contributed by atoms with Crippen molar-refractivity contribution in [3.05, 3.63) is 24.2 Å². The summed E-state index contributed by atoms with van der Waals surface area (Å²) in [6.45, 7) is 1.00. The summed E-state index contributed by atoms with van der Waals surface area (Å²) in [5.74, 6) is -1.31. The zero-order valence-corrected chi connectivity index (χ0v) is 8.57. The molecule has 3 amide bonds. The number of hydrazine groups is 1. The van der Waals surface area contributed by atoms with Crippen LogP contribution in [-0.4, -0.2) is 24.3 Å². The Labute approximate surface area is 91.2 Å². The van der Waals surface area contributed by atoms with Gasteiger partial charge in [-0.25, -0.2) is 0 Å². The molecular formula is C9H11N3O4. The highest BCUT2D eigenvalue weighted by Crippen LogP contribution is 1.98. The van der Waals surface area contributed by atoms with Gasteiger partial charge in [-0.05, 0) is 12.1 Å². The standard InChI is InChI=1S/C9H11N3O4/c1-6(13)11-12-8(14)5-10-9(15)7-3-2-4-16-7/h2-4H,5H2,1H3,(H,10,15)(H,11,13)(H,12,14). The molecule has 0 saturated carbocycles. The number of carbonyl (C=O) groups is 3. The van der Waals surface area contributed by atoms with Gasteiger partial charge in [0.2, 0.25) is 5.91 Å². The van der Waals surface area contributed by atoms with Gasteiger partial charge in [0.05, 0.1) is 12.8 Å². The van der Waals surface area contributed by atoms with Crippen LogP contribution in [-0.2, 0) is 9.59 Å². The zero-order chi connectivity index (χ0) is 12.0. The fourth-order valence-electron chi connectivity index (χ4n) is 0.857. The Morgan fingerprint density at radius 2 is 2.06 bits per heavy atom. The molecule has 86 valence electrons. The van der Waals surface area contributed by atoms with Crippen LogP contribution in [0.1, 0.15) is 17.5 Å². The van der Waals surface area contributed by atoms with E-state index in [2.05, 4.69) is 16.2 Å². The molecule has 1 rings (SSSR count). The fourth-order valence-corrected chi connectivity index (χ4v) is 0.857. The van der Waals surface area contributed by atoms with Gasteiger partial charge in [0.15, 0.2) is 5.76 Å². The lowest BCUT2D eigenvalue weighted by molar-refractivity contribution is -0.127. The van der Waals surface area contributed by atoms with Gasteiger partial charge in [0, 0.05) is 6.92 Å². The predicted molar refractivity (Wildman–Crippen MR) is 53.0 cm³/mol. The SMILES string of the molecule is CC(=O)NNC(=O)CNC(=O)c1ccco1. The minimum atomic E-state index is -0.532. The second kappa shape index (κ2) is 5.54. The van der Waals surface area contributed by atoms with Crippen molar-refractivity contribution in [3.8, 4) is 0 Å². The minimum absolute atomic E-state index is 0.118. The first-order valence-corrected chi connectivity index (χ1v) is 4.46. The lowest BCUT2D eigenvalue weighted by Crippen LogP contribution is -2.45. The molecule has 0 aliphatic heterocycles. The molecule has 7 heteroatoms. The molecule has 0 fully saturated rings. The van der Waals surface area contributed by atoms with Crippen LogP contribution in [0.3, 0.4) is 0 Å². The molecule has 0 aliphatic rings. The monoisotopic (exact) mass is 225 g/mol. The molecule has 7 nitrogen and oxygen atoms in total. The zero-order valence-electron chi connectivity index (χ0n) is 8.57. The highest BCUT2D eigenvalue weighted by atomic mass is 16.3. The van der Waals surface area contributed by atoms with Gasteiger partial charge in [0.1, 0.15) is 0 Å². The molecule has 16 heavy (non-hydrogen) atoms. The number of hydrogen-bond donors (Lipinski definition) is 3. The topological polar surface area (TPSA) is 100 Å². The predicted octanol–water partition coefficient (Wildman–Crippen LogP) is -0.823. The third-order valence-corrected chi connectivity index (χ3v) is 1.53. The van der Waals surface area contributed by atoms with E-state index in [9.17, 15) is 14.4 Å². The Morgan fingerprint density at radius 1 is 1.31 bits per heavy atom. The van der Waals surface area contributed by atoms with E-state index in [4.69, 9.17) is 4.42 Å². The summed E-state index contributed by atoms with van der Waals surface area (Å²) in [7, 11) is 0. The van der Waals surface area contributed by atoms with Gasteiger partial charge in [-0.3, -0.25) is 25.2 Å². The number of furan rings is 1. The van der Waals surface area contributed by atoms with Crippen LogP contribution in [0, 0.1) is 0 Å². The van der Waals surface area contributed by atoms with Crippen molar-refractivity contribution in [2.75, 3.05) is 6.54 Å². The smallest absolute Gasteiger partial charge is 0.287 e. The van der Waals surface area contributed by atoms with Gasteiger partial charge in [-0.1, -0.05) is 0 Å². The molecule has 1 aromatic heterocycles. The average Bonchev–Trinajstić information content (AvgIpc) is 2.76. The summed E-state index contributed by atoms with van der Waals surface area (Å²) in [6.07, 6.45) is 1.35. The first-order valence-electron chi connectivity index (χ1n) is 4.46. The van der Waals surface area contributed by atoms with E-state index in [1.165, 1.54) is 19.3 Å². The maximum atomic E-state index is 11.3. The van der Waals surface area contributed by atoms with E-state index in [1.54, 1.807) is 6.07 Å². The highest BCUT2D eigenvalue weighted by Gasteiger charge is 2.09. The lowest BCUT2D eigenvalue weighted by Gasteiger charge is -2.05. The fraction of sp³-hybridized carbons (Fsp3) is 0.222. The molecule has 0 aliphatic carbocycles. The molecule has 0 bridgehead atoms. The summed E-state index contributed by atoms with van der Waals surface area (Å²) in [4.78, 5) is 32.8. The Balaban J connectivity index is 2.27. The van der Waals surface area contributed by atoms with Gasteiger partial charge < -0.3 is 9.73 Å². The second-order valence-corrected chi connectivity index (χ2v) is 2.89. The summed E-state index contributed by atoms with van der Waals surface area (Å²) in [6, 6.07) is 3.04. The molecule has 0 unspecified atom stereocenters. The van der Waals surface area contributed by atoms with Gasteiger partial charge in [0.25, 0.3) is 11.8 Å². The van der Waals surface area contributed by atoms with E-state index in [0.717, 1.165) is 0 Å². The second-order valence-electron chi connectivity index (χ2n) is 2.89. The largest absolute Gasteiger partial charge is 0.459 e. The van der Waals surface area contributed by atoms with Crippen molar-refractivity contribution in [1.82, 2.24) is 16.2 Å². The van der Waals surface area contributed by atoms with Crippen molar-refractivity contribution in [3.63, 3.8) is 0 Å². The van der Waals surface area contributed by atoms with E-state index >= 15 is 0 Å². The highest BCUT2D eigenvalue weighted by molar-refractivity contribution is 5.94. The molecule has 0 radical (unpaired) electrons. The first-order chi connectivity index (χ1) is 7.59. The number of hydrogen-bond acceptors (Lipinski definition) is 4. The summed E-state index contributed by atoms with van der Waals surface area (Å²) in [5.41, 5.74) is 4.19. The van der Waals surface area contributed by atoms with Crippen LogP contribution < -0.4 is 16.2 Å². The minimum Gasteiger partial charge on any atom is -0.459 e.